The molecule has 4 heteroatoms. The average molecular weight is 238 g/mol. The third kappa shape index (κ3) is 2.06. The second-order valence-corrected chi connectivity index (χ2v) is 5.84. The molecule has 1 unspecified atom stereocenters. The van der Waals surface area contributed by atoms with E-state index in [0.29, 0.717) is 12.1 Å². The first-order valence-corrected chi connectivity index (χ1v) is 6.58. The van der Waals surface area contributed by atoms with Crippen molar-refractivity contribution in [3.05, 3.63) is 17.5 Å². The molecule has 0 spiro atoms. The van der Waals surface area contributed by atoms with Gasteiger partial charge in [-0.2, -0.15) is 5.10 Å². The minimum absolute atomic E-state index is 0.0443. The summed E-state index contributed by atoms with van der Waals surface area (Å²) in [6.45, 7) is 6.38. The number of carbonyl (C=O) groups excluding carboxylic acids is 1. The zero-order valence-electron chi connectivity index (χ0n) is 10.2. The van der Waals surface area contributed by atoms with Crippen LogP contribution in [0.5, 0.6) is 0 Å². The largest absolute Gasteiger partial charge is 0.294 e. The summed E-state index contributed by atoms with van der Waals surface area (Å²) in [7, 11) is 2.50. The Hall–Kier alpha value is -0.690. The van der Waals surface area contributed by atoms with Crippen molar-refractivity contribution in [1.82, 2.24) is 9.78 Å². The zero-order chi connectivity index (χ0) is 11.9. The summed E-state index contributed by atoms with van der Waals surface area (Å²) in [6, 6.07) is 0. The van der Waals surface area contributed by atoms with Gasteiger partial charge in [-0.1, -0.05) is 0 Å². The van der Waals surface area contributed by atoms with E-state index >= 15 is 0 Å². The first-order chi connectivity index (χ1) is 7.45. The van der Waals surface area contributed by atoms with Crippen LogP contribution in [0.4, 0.5) is 0 Å². The fourth-order valence-electron chi connectivity index (χ4n) is 1.97. The molecule has 0 saturated heterocycles. The van der Waals surface area contributed by atoms with E-state index in [1.807, 2.05) is 4.68 Å². The molecule has 0 bridgehead atoms. The molecule has 1 atom stereocenters. The van der Waals surface area contributed by atoms with Crippen LogP contribution in [0.2, 0.25) is 0 Å². The molecule has 1 aliphatic carbocycles. The molecule has 1 fully saturated rings. The molecular formula is C12H19N2OP. The number of nitrogens with zero attached hydrogens (tertiary/aromatic N) is 2. The van der Waals surface area contributed by atoms with Crippen LogP contribution in [0.1, 0.15) is 55.6 Å². The van der Waals surface area contributed by atoms with E-state index in [0.717, 1.165) is 11.3 Å². The minimum Gasteiger partial charge on any atom is -0.294 e. The molecule has 3 nitrogen and oxygen atoms in total. The van der Waals surface area contributed by atoms with E-state index in [1.165, 1.54) is 12.8 Å². The first kappa shape index (κ1) is 11.8. The summed E-state index contributed by atoms with van der Waals surface area (Å²) in [5, 5.41) is 4.40. The quantitative estimate of drug-likeness (QED) is 0.599. The highest BCUT2D eigenvalue weighted by atomic mass is 31.0. The maximum atomic E-state index is 11.8. The molecule has 1 aliphatic rings. The molecule has 0 radical (unpaired) electrons. The molecule has 2 rings (SSSR count). The Labute approximate surface area is 98.8 Å². The predicted octanol–water partition coefficient (Wildman–Crippen LogP) is 2.57. The molecule has 1 heterocycles. The van der Waals surface area contributed by atoms with Crippen LogP contribution in [-0.4, -0.2) is 21.7 Å². The van der Waals surface area contributed by atoms with Gasteiger partial charge in [-0.15, -0.1) is 9.24 Å². The Bertz CT molecular complexity index is 413. The van der Waals surface area contributed by atoms with Gasteiger partial charge in [0.2, 0.25) is 0 Å². The van der Waals surface area contributed by atoms with Gasteiger partial charge in [0.15, 0.2) is 5.78 Å². The second-order valence-electron chi connectivity index (χ2n) is 5.43. The zero-order valence-corrected chi connectivity index (χ0v) is 11.3. The van der Waals surface area contributed by atoms with Crippen LogP contribution >= 0.6 is 9.24 Å². The smallest absolute Gasteiger partial charge is 0.170 e. The summed E-state index contributed by atoms with van der Waals surface area (Å²) in [5.41, 5.74) is 1.93. The van der Waals surface area contributed by atoms with Gasteiger partial charge >= 0.3 is 0 Å². The van der Waals surface area contributed by atoms with E-state index in [4.69, 9.17) is 0 Å². The van der Waals surface area contributed by atoms with Gasteiger partial charge in [0, 0.05) is 12.1 Å². The van der Waals surface area contributed by atoms with Crippen LogP contribution < -0.4 is 0 Å². The van der Waals surface area contributed by atoms with Crippen molar-refractivity contribution in [3.63, 3.8) is 0 Å². The van der Waals surface area contributed by atoms with Gasteiger partial charge in [-0.3, -0.25) is 9.48 Å². The van der Waals surface area contributed by atoms with Gasteiger partial charge in [-0.25, -0.2) is 0 Å². The summed E-state index contributed by atoms with van der Waals surface area (Å²) in [6.07, 6.45) is 4.61. The lowest BCUT2D eigenvalue weighted by molar-refractivity contribution is 0.102. The van der Waals surface area contributed by atoms with Crippen LogP contribution in [0.25, 0.3) is 0 Å². The standard InChI is InChI=1S/C12H19N2OP/c1-12(2,3)14-11(8-4-5-8)9(6-13-14)10(15)7-16/h6,8H,4-5,7,16H2,1-3H3. The predicted molar refractivity (Wildman–Crippen MR) is 68.1 cm³/mol. The van der Waals surface area contributed by atoms with Gasteiger partial charge < -0.3 is 0 Å². The number of carbonyl (C=O) groups is 1. The Morgan fingerprint density at radius 3 is 2.62 bits per heavy atom. The van der Waals surface area contributed by atoms with Crippen LogP contribution in [0.15, 0.2) is 6.20 Å². The maximum absolute atomic E-state index is 11.8. The number of rotatable bonds is 3. The molecule has 1 aromatic rings. The Balaban J connectivity index is 2.48. The highest BCUT2D eigenvalue weighted by molar-refractivity contribution is 7.18. The normalized spacial score (nSPS) is 16.5. The molecule has 0 N–H and O–H groups in total. The molecule has 0 amide bonds. The van der Waals surface area contributed by atoms with Crippen molar-refractivity contribution >= 4 is 15.0 Å². The maximum Gasteiger partial charge on any atom is 0.170 e. The van der Waals surface area contributed by atoms with Crippen LogP contribution in [0, 0.1) is 0 Å². The Kier molecular flexibility index (Phi) is 2.91. The van der Waals surface area contributed by atoms with E-state index in [-0.39, 0.29) is 11.3 Å². The minimum atomic E-state index is -0.0443. The lowest BCUT2D eigenvalue weighted by Crippen LogP contribution is -2.25. The van der Waals surface area contributed by atoms with Crippen molar-refractivity contribution in [1.29, 1.82) is 0 Å². The van der Waals surface area contributed by atoms with Crippen LogP contribution in [0.3, 0.4) is 0 Å². The average Bonchev–Trinajstić information content (AvgIpc) is 2.94. The van der Waals surface area contributed by atoms with Crippen molar-refractivity contribution in [2.24, 2.45) is 0 Å². The van der Waals surface area contributed by atoms with Gasteiger partial charge in [-0.05, 0) is 33.6 Å². The highest BCUT2D eigenvalue weighted by Crippen LogP contribution is 2.43. The van der Waals surface area contributed by atoms with Crippen molar-refractivity contribution in [2.75, 3.05) is 6.16 Å². The van der Waals surface area contributed by atoms with Crippen molar-refractivity contribution in [3.8, 4) is 0 Å². The molecule has 1 aromatic heterocycles. The molecule has 0 aromatic carbocycles. The van der Waals surface area contributed by atoms with E-state index in [2.05, 4.69) is 35.1 Å². The van der Waals surface area contributed by atoms with Crippen molar-refractivity contribution in [2.45, 2.75) is 45.1 Å². The second kappa shape index (κ2) is 3.96. The summed E-state index contributed by atoms with van der Waals surface area (Å²) >= 11 is 0. The number of ketones is 1. The summed E-state index contributed by atoms with van der Waals surface area (Å²) < 4.78 is 2.03. The molecular weight excluding hydrogens is 219 g/mol. The van der Waals surface area contributed by atoms with Crippen LogP contribution in [-0.2, 0) is 5.54 Å². The van der Waals surface area contributed by atoms with Gasteiger partial charge in [0.25, 0.3) is 0 Å². The topological polar surface area (TPSA) is 34.9 Å². The molecule has 16 heavy (non-hydrogen) atoms. The number of Topliss-reactive ketones (excluding diaryl/α,β-unsaturated/α-hetero) is 1. The lowest BCUT2D eigenvalue weighted by atomic mass is 10.1. The Morgan fingerprint density at radius 1 is 1.56 bits per heavy atom. The van der Waals surface area contributed by atoms with E-state index in [1.54, 1.807) is 6.20 Å². The van der Waals surface area contributed by atoms with Crippen molar-refractivity contribution < 1.29 is 4.79 Å². The Morgan fingerprint density at radius 2 is 2.19 bits per heavy atom. The fourth-order valence-corrected chi connectivity index (χ4v) is 2.19. The summed E-state index contributed by atoms with van der Waals surface area (Å²) in [5.74, 6) is 0.736. The molecule has 1 saturated carbocycles. The van der Waals surface area contributed by atoms with E-state index < -0.39 is 0 Å². The monoisotopic (exact) mass is 238 g/mol. The number of hydrogen-bond donors (Lipinski definition) is 0. The lowest BCUT2D eigenvalue weighted by Gasteiger charge is -2.22. The fraction of sp³-hybridized carbons (Fsp3) is 0.667. The SMILES string of the molecule is CC(C)(C)n1ncc(C(=O)CP)c1C1CC1. The molecule has 88 valence electrons. The molecule has 0 aliphatic heterocycles. The third-order valence-electron chi connectivity index (χ3n) is 2.89. The van der Waals surface area contributed by atoms with E-state index in [9.17, 15) is 4.79 Å². The third-order valence-corrected chi connectivity index (χ3v) is 3.26. The summed E-state index contributed by atoms with van der Waals surface area (Å²) in [4.78, 5) is 11.8. The number of aromatic nitrogens is 2. The first-order valence-electron chi connectivity index (χ1n) is 5.77. The number of hydrogen-bond acceptors (Lipinski definition) is 2. The van der Waals surface area contributed by atoms with Gasteiger partial charge in [0.1, 0.15) is 0 Å². The highest BCUT2D eigenvalue weighted by Gasteiger charge is 2.34. The van der Waals surface area contributed by atoms with Gasteiger partial charge in [0.05, 0.1) is 23.0 Å².